The van der Waals surface area contributed by atoms with Gasteiger partial charge >= 0.3 is 18.0 Å². The van der Waals surface area contributed by atoms with Crippen molar-refractivity contribution in [1.29, 1.82) is 0 Å². The van der Waals surface area contributed by atoms with Crippen molar-refractivity contribution >= 4 is 58.5 Å². The molecule has 2 aromatic heterocycles. The number of urea groups is 2. The first-order valence-electron chi connectivity index (χ1n) is 15.5. The molecular formula is C32H38Cl2N10O7. The Morgan fingerprint density at radius 1 is 0.824 bits per heavy atom. The minimum Gasteiger partial charge on any atom is -0.476 e. The number of rotatable bonds is 6. The van der Waals surface area contributed by atoms with Crippen LogP contribution in [0.3, 0.4) is 0 Å². The van der Waals surface area contributed by atoms with Crippen LogP contribution in [0.5, 0.6) is 0 Å². The van der Waals surface area contributed by atoms with E-state index < -0.39 is 5.97 Å². The predicted octanol–water partition coefficient (Wildman–Crippen LogP) is 4.41. The second kappa shape index (κ2) is 18.2. The van der Waals surface area contributed by atoms with Gasteiger partial charge in [0.15, 0.2) is 11.4 Å². The number of carbonyl (C=O) groups excluding carboxylic acids is 3. The van der Waals surface area contributed by atoms with Crippen LogP contribution in [-0.4, -0.2) is 106 Å². The van der Waals surface area contributed by atoms with E-state index in [4.69, 9.17) is 33.1 Å². The lowest BCUT2D eigenvalue weighted by Crippen LogP contribution is -2.39. The summed E-state index contributed by atoms with van der Waals surface area (Å²) < 4.78 is 0. The molecule has 0 atom stereocenters. The van der Waals surface area contributed by atoms with Crippen molar-refractivity contribution in [2.75, 3.05) is 52.0 Å². The summed E-state index contributed by atoms with van der Waals surface area (Å²) in [4.78, 5) is 60.6. The fraction of sp³-hybridized carbons (Fsp3) is 0.312. The first-order valence-corrected chi connectivity index (χ1v) is 16.2. The van der Waals surface area contributed by atoms with Crippen molar-refractivity contribution < 1.29 is 34.0 Å². The minimum absolute atomic E-state index is 0.0322. The maximum absolute atomic E-state index is 12.5. The molecule has 0 fully saturated rings. The standard InChI is InChI=1S/C16H18ClN5O3.C14H13ClN4O3.C2H7NO/c1-21(25-2)15(23)14-12-9-22(7-6-13(12)19-20-14)16(24)18-11-5-3-4-10(17)8-11;15-8-2-1-3-9(6-8)16-14(22)19-5-4-11-10(7-19)12(13(20)21)18-17-11;1-3-4-2/h3-5,8H,6-7,9H2,1-2H3,(H,18,24)(H,19,20);1-3,6H,4-5,7H2,(H,16,22)(H,17,18)(H,20,21);3H,1-2H3. The number of amides is 5. The summed E-state index contributed by atoms with van der Waals surface area (Å²) in [6.07, 6.45) is 1.13. The Bertz CT molecular complexity index is 1850. The zero-order chi connectivity index (χ0) is 37.1. The van der Waals surface area contributed by atoms with Crippen LogP contribution in [0.1, 0.15) is 43.5 Å². The summed E-state index contributed by atoms with van der Waals surface area (Å²) in [6.45, 7) is 1.51. The number of anilines is 2. The van der Waals surface area contributed by atoms with E-state index in [1.165, 1.54) is 14.2 Å². The molecule has 2 aromatic carbocycles. The number of aromatic carboxylic acids is 1. The highest BCUT2D eigenvalue weighted by Gasteiger charge is 2.30. The van der Waals surface area contributed by atoms with Gasteiger partial charge < -0.3 is 30.4 Å². The number of benzene rings is 2. The average Bonchev–Trinajstić information content (AvgIpc) is 3.75. The first kappa shape index (κ1) is 38.6. The van der Waals surface area contributed by atoms with Crippen LogP contribution >= 0.6 is 23.2 Å². The van der Waals surface area contributed by atoms with Gasteiger partial charge in [-0.05, 0) is 36.4 Å². The monoisotopic (exact) mass is 744 g/mol. The summed E-state index contributed by atoms with van der Waals surface area (Å²) in [7, 11) is 6.19. The van der Waals surface area contributed by atoms with Gasteiger partial charge in [0.05, 0.1) is 27.3 Å². The Balaban J connectivity index is 0.000000208. The van der Waals surface area contributed by atoms with Crippen LogP contribution in [0, 0.1) is 0 Å². The van der Waals surface area contributed by atoms with Gasteiger partial charge in [0, 0.05) is 84.0 Å². The molecule has 19 heteroatoms. The molecule has 4 heterocycles. The number of aromatic amines is 2. The highest BCUT2D eigenvalue weighted by molar-refractivity contribution is 6.31. The molecule has 0 bridgehead atoms. The molecule has 0 spiro atoms. The van der Waals surface area contributed by atoms with Crippen molar-refractivity contribution in [3.8, 4) is 0 Å². The van der Waals surface area contributed by atoms with E-state index in [2.05, 4.69) is 41.3 Å². The zero-order valence-electron chi connectivity index (χ0n) is 28.3. The summed E-state index contributed by atoms with van der Waals surface area (Å²) in [6, 6.07) is 13.2. The summed E-state index contributed by atoms with van der Waals surface area (Å²) in [5.74, 6) is -1.47. The van der Waals surface area contributed by atoms with Crippen molar-refractivity contribution in [2.45, 2.75) is 25.9 Å². The first-order chi connectivity index (χ1) is 24.4. The van der Waals surface area contributed by atoms with Gasteiger partial charge in [-0.15, -0.1) is 0 Å². The summed E-state index contributed by atoms with van der Waals surface area (Å²) in [5.41, 5.74) is 6.76. The second-order valence-corrected chi connectivity index (χ2v) is 11.9. The quantitative estimate of drug-likeness (QED) is 0.153. The third kappa shape index (κ3) is 10.2. The molecule has 2 aliphatic heterocycles. The molecule has 272 valence electrons. The number of hydrogen-bond acceptors (Lipinski definition) is 9. The predicted molar refractivity (Wildman–Crippen MR) is 188 cm³/mol. The SMILES string of the molecule is CNOC.CON(C)C(=O)c1n[nH]c2c1CN(C(=O)Nc1cccc(Cl)c1)CC2.O=C(O)c1n[nH]c2c1CN(C(=O)Nc1cccc(Cl)c1)CC2. The van der Waals surface area contributed by atoms with Gasteiger partial charge in [-0.25, -0.2) is 24.9 Å². The molecular weight excluding hydrogens is 707 g/mol. The number of aromatic nitrogens is 4. The summed E-state index contributed by atoms with van der Waals surface area (Å²) >= 11 is 11.8. The fourth-order valence-electron chi connectivity index (χ4n) is 5.06. The fourth-order valence-corrected chi connectivity index (χ4v) is 5.44. The topological polar surface area (TPSA) is 210 Å². The van der Waals surface area contributed by atoms with Crippen LogP contribution in [0.4, 0.5) is 21.0 Å². The van der Waals surface area contributed by atoms with Crippen LogP contribution in [-0.2, 0) is 35.6 Å². The molecule has 5 amide bonds. The van der Waals surface area contributed by atoms with E-state index in [0.717, 1.165) is 16.5 Å². The number of carboxylic acids is 1. The summed E-state index contributed by atoms with van der Waals surface area (Å²) in [5, 5.41) is 30.3. The largest absolute Gasteiger partial charge is 0.476 e. The lowest BCUT2D eigenvalue weighted by atomic mass is 10.1. The van der Waals surface area contributed by atoms with Crippen molar-refractivity contribution in [2.24, 2.45) is 0 Å². The van der Waals surface area contributed by atoms with Gasteiger partial charge in [-0.3, -0.25) is 19.8 Å². The third-order valence-electron chi connectivity index (χ3n) is 7.76. The molecule has 0 radical (unpaired) electrons. The molecule has 6 N–H and O–H groups in total. The Kier molecular flexibility index (Phi) is 13.7. The van der Waals surface area contributed by atoms with Crippen LogP contribution in [0.2, 0.25) is 10.0 Å². The number of H-pyrrole nitrogens is 2. The maximum atomic E-state index is 12.5. The number of hydrogen-bond donors (Lipinski definition) is 6. The van der Waals surface area contributed by atoms with E-state index >= 15 is 0 Å². The van der Waals surface area contributed by atoms with E-state index in [-0.39, 0.29) is 42.4 Å². The normalized spacial score (nSPS) is 13.0. The number of hydroxylamine groups is 3. The minimum atomic E-state index is -1.10. The maximum Gasteiger partial charge on any atom is 0.356 e. The lowest BCUT2D eigenvalue weighted by molar-refractivity contribution is -0.0761. The third-order valence-corrected chi connectivity index (χ3v) is 8.23. The highest BCUT2D eigenvalue weighted by atomic mass is 35.5. The molecule has 0 saturated carbocycles. The molecule has 6 rings (SSSR count). The smallest absolute Gasteiger partial charge is 0.356 e. The van der Waals surface area contributed by atoms with Gasteiger partial charge in [0.1, 0.15) is 0 Å². The van der Waals surface area contributed by atoms with Crippen molar-refractivity contribution in [3.05, 3.63) is 92.5 Å². The van der Waals surface area contributed by atoms with Gasteiger partial charge in [0.25, 0.3) is 5.91 Å². The molecule has 0 saturated heterocycles. The number of carbonyl (C=O) groups is 4. The lowest BCUT2D eigenvalue weighted by Gasteiger charge is -2.27. The van der Waals surface area contributed by atoms with Gasteiger partial charge in [-0.1, -0.05) is 35.3 Å². The Labute approximate surface area is 303 Å². The Hall–Kier alpha value is -5.20. The second-order valence-electron chi connectivity index (χ2n) is 11.0. The zero-order valence-corrected chi connectivity index (χ0v) is 29.8. The molecule has 0 aliphatic carbocycles. The Morgan fingerprint density at radius 2 is 1.27 bits per heavy atom. The average molecular weight is 746 g/mol. The van der Waals surface area contributed by atoms with Crippen LogP contribution in [0.25, 0.3) is 0 Å². The number of nitrogens with zero attached hydrogens (tertiary/aromatic N) is 5. The van der Waals surface area contributed by atoms with Crippen LogP contribution < -0.4 is 16.1 Å². The molecule has 4 aromatic rings. The molecule has 17 nitrogen and oxygen atoms in total. The van der Waals surface area contributed by atoms with E-state index in [1.54, 1.807) is 72.5 Å². The highest BCUT2D eigenvalue weighted by Crippen LogP contribution is 2.24. The number of fused-ring (bicyclic) bond motifs is 2. The van der Waals surface area contributed by atoms with Gasteiger partial charge in [-0.2, -0.15) is 10.2 Å². The molecule has 2 aliphatic rings. The number of carboxylic acid groups (broad SMARTS) is 1. The van der Waals surface area contributed by atoms with Crippen molar-refractivity contribution in [3.63, 3.8) is 0 Å². The molecule has 51 heavy (non-hydrogen) atoms. The number of nitrogens with one attached hydrogen (secondary N) is 5. The number of halogens is 2. The van der Waals surface area contributed by atoms with E-state index in [1.807, 2.05) is 0 Å². The van der Waals surface area contributed by atoms with Crippen LogP contribution in [0.15, 0.2) is 48.5 Å². The van der Waals surface area contributed by atoms with Gasteiger partial charge in [0.2, 0.25) is 0 Å². The molecule has 0 unspecified atom stereocenters. The van der Waals surface area contributed by atoms with E-state index in [9.17, 15) is 19.2 Å². The Morgan fingerprint density at radius 3 is 1.69 bits per heavy atom. The van der Waals surface area contributed by atoms with E-state index in [0.29, 0.717) is 58.5 Å². The van der Waals surface area contributed by atoms with Crippen molar-refractivity contribution in [1.82, 2.24) is 40.7 Å².